The van der Waals surface area contributed by atoms with Gasteiger partial charge in [0.05, 0.1) is 31.9 Å². The van der Waals surface area contributed by atoms with Crippen LogP contribution in [0.15, 0.2) is 24.3 Å². The molecule has 1 aromatic rings. The minimum atomic E-state index is -2.86. The van der Waals surface area contributed by atoms with E-state index >= 15 is 0 Å². The van der Waals surface area contributed by atoms with E-state index in [-0.39, 0.29) is 17.7 Å². The number of hydrogen-bond donors (Lipinski definition) is 1. The lowest BCUT2D eigenvalue weighted by atomic mass is 10.2. The van der Waals surface area contributed by atoms with E-state index in [0.29, 0.717) is 28.9 Å². The van der Waals surface area contributed by atoms with E-state index in [2.05, 4.69) is 0 Å². The quantitative estimate of drug-likeness (QED) is 0.763. The van der Waals surface area contributed by atoms with Crippen LogP contribution in [0.25, 0.3) is 6.08 Å². The molecule has 2 fully saturated rings. The molecule has 1 atom stereocenters. The number of benzene rings is 1. The summed E-state index contributed by atoms with van der Waals surface area (Å²) in [5, 5.41) is 1.06. The SMILES string of the molecule is O=C(/C=C/c1ccc(Cl)cc1Cl)N1CC[NH+]([C@@H]2CCS(=O)(=O)C2)CC1. The second-order valence-electron chi connectivity index (χ2n) is 6.58. The summed E-state index contributed by atoms with van der Waals surface area (Å²) in [6.45, 7) is 2.87. The normalized spacial score (nSPS) is 24.1. The van der Waals surface area contributed by atoms with Gasteiger partial charge in [0.1, 0.15) is 11.8 Å². The van der Waals surface area contributed by atoms with Crippen LogP contribution in [0.1, 0.15) is 12.0 Å². The molecular formula is C17H21Cl2N2O3S+. The molecule has 5 nitrogen and oxygen atoms in total. The molecule has 0 spiro atoms. The number of halogens is 2. The van der Waals surface area contributed by atoms with E-state index in [4.69, 9.17) is 23.2 Å². The summed E-state index contributed by atoms with van der Waals surface area (Å²) in [6, 6.07) is 5.34. The number of nitrogens with one attached hydrogen (secondary N) is 1. The Balaban J connectivity index is 1.54. The van der Waals surface area contributed by atoms with Gasteiger partial charge in [0.15, 0.2) is 9.84 Å². The van der Waals surface area contributed by atoms with E-state index in [0.717, 1.165) is 25.1 Å². The zero-order chi connectivity index (χ0) is 18.0. The summed E-state index contributed by atoms with van der Waals surface area (Å²) in [7, 11) is -2.86. The molecule has 2 aliphatic rings. The topological polar surface area (TPSA) is 58.9 Å². The summed E-state index contributed by atoms with van der Waals surface area (Å²) in [5.74, 6) is 0.531. The fourth-order valence-electron chi connectivity index (χ4n) is 3.44. The number of rotatable bonds is 3. The standard InChI is InChI=1S/C17H20Cl2N2O3S/c18-14-3-1-13(16(19)11-14)2-4-17(22)21-8-6-20(7-9-21)15-5-10-25(23,24)12-15/h1-4,11,15H,5-10,12H2/p+1/b4-2+/t15-/m1/s1. The fraction of sp³-hybridized carbons (Fsp3) is 0.471. The molecule has 1 aromatic carbocycles. The van der Waals surface area contributed by atoms with Crippen LogP contribution in [-0.4, -0.2) is 63.0 Å². The summed E-state index contributed by atoms with van der Waals surface area (Å²) in [6.07, 6.45) is 3.96. The number of nitrogens with zero attached hydrogens (tertiary/aromatic N) is 1. The van der Waals surface area contributed by atoms with Gasteiger partial charge < -0.3 is 9.80 Å². The fourth-order valence-corrected chi connectivity index (χ4v) is 5.74. The Morgan fingerprint density at radius 1 is 1.24 bits per heavy atom. The second-order valence-corrected chi connectivity index (χ2v) is 9.66. The Labute approximate surface area is 158 Å². The average molecular weight is 404 g/mol. The number of carbonyl (C=O) groups excluding carboxylic acids is 1. The minimum absolute atomic E-state index is 0.0517. The molecule has 0 aromatic heterocycles. The molecule has 2 aliphatic heterocycles. The van der Waals surface area contributed by atoms with Crippen molar-refractivity contribution in [2.24, 2.45) is 0 Å². The van der Waals surface area contributed by atoms with E-state index in [1.54, 1.807) is 29.2 Å². The predicted molar refractivity (Wildman–Crippen MR) is 99.8 cm³/mol. The van der Waals surface area contributed by atoms with Gasteiger partial charge in [0.2, 0.25) is 5.91 Å². The molecule has 2 saturated heterocycles. The van der Waals surface area contributed by atoms with Crippen molar-refractivity contribution in [1.82, 2.24) is 4.90 Å². The van der Waals surface area contributed by atoms with Crippen molar-refractivity contribution >= 4 is 45.0 Å². The summed E-state index contributed by atoms with van der Waals surface area (Å²) < 4.78 is 23.2. The van der Waals surface area contributed by atoms with Crippen LogP contribution in [0.5, 0.6) is 0 Å². The van der Waals surface area contributed by atoms with Crippen molar-refractivity contribution in [3.05, 3.63) is 39.9 Å². The number of amides is 1. The third-order valence-electron chi connectivity index (χ3n) is 4.90. The van der Waals surface area contributed by atoms with Gasteiger partial charge in [-0.3, -0.25) is 4.79 Å². The maximum Gasteiger partial charge on any atom is 0.246 e. The maximum atomic E-state index is 12.3. The van der Waals surface area contributed by atoms with Crippen LogP contribution in [0, 0.1) is 0 Å². The molecule has 136 valence electrons. The van der Waals surface area contributed by atoms with Gasteiger partial charge >= 0.3 is 0 Å². The molecule has 3 rings (SSSR count). The van der Waals surface area contributed by atoms with Gasteiger partial charge in [-0.1, -0.05) is 29.3 Å². The smallest absolute Gasteiger partial charge is 0.246 e. The van der Waals surface area contributed by atoms with Gasteiger partial charge in [-0.15, -0.1) is 0 Å². The highest BCUT2D eigenvalue weighted by Gasteiger charge is 2.37. The van der Waals surface area contributed by atoms with Crippen LogP contribution in [0.2, 0.25) is 10.0 Å². The highest BCUT2D eigenvalue weighted by molar-refractivity contribution is 7.91. The van der Waals surface area contributed by atoms with Crippen molar-refractivity contribution in [2.45, 2.75) is 12.5 Å². The highest BCUT2D eigenvalue weighted by Crippen LogP contribution is 2.22. The van der Waals surface area contributed by atoms with E-state index in [1.807, 2.05) is 0 Å². The third kappa shape index (κ3) is 4.76. The lowest BCUT2D eigenvalue weighted by Crippen LogP contribution is -3.18. The Morgan fingerprint density at radius 3 is 2.56 bits per heavy atom. The van der Waals surface area contributed by atoms with Gasteiger partial charge in [-0.2, -0.15) is 0 Å². The molecule has 0 bridgehead atoms. The zero-order valence-electron chi connectivity index (χ0n) is 13.7. The number of piperazine rings is 1. The molecule has 2 heterocycles. The van der Waals surface area contributed by atoms with Crippen LogP contribution in [0.3, 0.4) is 0 Å². The number of hydrogen-bond acceptors (Lipinski definition) is 3. The zero-order valence-corrected chi connectivity index (χ0v) is 16.1. The third-order valence-corrected chi connectivity index (χ3v) is 7.23. The Bertz CT molecular complexity index is 787. The average Bonchev–Trinajstić information content (AvgIpc) is 2.94. The molecule has 1 amide bonds. The predicted octanol–water partition coefficient (Wildman–Crippen LogP) is 0.921. The van der Waals surface area contributed by atoms with Gasteiger partial charge in [0, 0.05) is 22.5 Å². The van der Waals surface area contributed by atoms with Crippen molar-refractivity contribution in [3.8, 4) is 0 Å². The lowest BCUT2D eigenvalue weighted by Gasteiger charge is -2.34. The molecule has 8 heteroatoms. The number of quaternary nitrogens is 1. The van der Waals surface area contributed by atoms with Crippen LogP contribution in [0.4, 0.5) is 0 Å². The van der Waals surface area contributed by atoms with Crippen LogP contribution >= 0.6 is 23.2 Å². The molecule has 0 aliphatic carbocycles. The summed E-state index contributed by atoms with van der Waals surface area (Å²) >= 11 is 12.0. The van der Waals surface area contributed by atoms with E-state index in [1.165, 1.54) is 11.0 Å². The van der Waals surface area contributed by atoms with Crippen LogP contribution < -0.4 is 4.90 Å². The maximum absolute atomic E-state index is 12.3. The van der Waals surface area contributed by atoms with E-state index in [9.17, 15) is 13.2 Å². The first-order valence-corrected chi connectivity index (χ1v) is 10.9. The Hall–Kier alpha value is -1.08. The van der Waals surface area contributed by atoms with Crippen molar-refractivity contribution in [2.75, 3.05) is 37.7 Å². The first-order valence-electron chi connectivity index (χ1n) is 8.31. The largest absolute Gasteiger partial charge is 0.329 e. The first kappa shape index (κ1) is 18.7. The lowest BCUT2D eigenvalue weighted by molar-refractivity contribution is -0.925. The molecule has 0 unspecified atom stereocenters. The first-order chi connectivity index (χ1) is 11.8. The number of carbonyl (C=O) groups is 1. The van der Waals surface area contributed by atoms with Gasteiger partial charge in [0.25, 0.3) is 0 Å². The monoisotopic (exact) mass is 403 g/mol. The van der Waals surface area contributed by atoms with E-state index < -0.39 is 9.84 Å². The molecule has 25 heavy (non-hydrogen) atoms. The summed E-state index contributed by atoms with van der Waals surface area (Å²) in [5.41, 5.74) is 0.750. The molecular weight excluding hydrogens is 383 g/mol. The van der Waals surface area contributed by atoms with Gasteiger partial charge in [-0.05, 0) is 23.8 Å². The van der Waals surface area contributed by atoms with Crippen molar-refractivity contribution in [1.29, 1.82) is 0 Å². The molecule has 0 radical (unpaired) electrons. The summed E-state index contributed by atoms with van der Waals surface area (Å²) in [4.78, 5) is 15.4. The van der Waals surface area contributed by atoms with Crippen LogP contribution in [-0.2, 0) is 14.6 Å². The minimum Gasteiger partial charge on any atom is -0.329 e. The van der Waals surface area contributed by atoms with Gasteiger partial charge in [-0.25, -0.2) is 8.42 Å². The second kappa shape index (κ2) is 7.66. The number of sulfone groups is 1. The van der Waals surface area contributed by atoms with Crippen molar-refractivity contribution in [3.63, 3.8) is 0 Å². The highest BCUT2D eigenvalue weighted by atomic mass is 35.5. The molecule has 0 saturated carbocycles. The Morgan fingerprint density at radius 2 is 1.96 bits per heavy atom. The molecule has 1 N–H and O–H groups in total. The Kier molecular flexibility index (Phi) is 5.73. The van der Waals surface area contributed by atoms with Crippen molar-refractivity contribution < 1.29 is 18.1 Å².